The summed E-state index contributed by atoms with van der Waals surface area (Å²) in [5.41, 5.74) is 0. The molecule has 0 aliphatic carbocycles. The van der Waals surface area contributed by atoms with Crippen LogP contribution >= 0.6 is 56.5 Å². The fraction of sp³-hybridized carbons (Fsp3) is 0. The van der Waals surface area contributed by atoms with Crippen molar-refractivity contribution in [2.45, 2.75) is 0 Å². The maximum atomic E-state index is 5.05. The Morgan fingerprint density at radius 1 is 0.556 bits per heavy atom. The molecule has 0 saturated carbocycles. The molecule has 0 amide bonds. The van der Waals surface area contributed by atoms with Crippen LogP contribution in [0, 0.1) is 0 Å². The largest absolute Gasteiger partial charge is 1.00 e. The Hall–Kier alpha value is 6.04. The molecule has 0 N–H and O–H groups in total. The van der Waals surface area contributed by atoms with Gasteiger partial charge in [-0.25, -0.2) is 0 Å². The van der Waals surface area contributed by atoms with Crippen molar-refractivity contribution >= 4 is 56.5 Å². The van der Waals surface area contributed by atoms with Gasteiger partial charge in [0.1, 0.15) is 0 Å². The summed E-state index contributed by atoms with van der Waals surface area (Å²) < 4.78 is 0. The molecule has 54 valence electrons. The van der Waals surface area contributed by atoms with E-state index < -0.39 is 7.31 Å². The second kappa shape index (κ2) is 5.39. The summed E-state index contributed by atoms with van der Waals surface area (Å²) >= 11 is 0. The van der Waals surface area contributed by atoms with Crippen LogP contribution in [0.25, 0.3) is 0 Å². The fourth-order valence-corrected chi connectivity index (χ4v) is 0. The fourth-order valence-electron chi connectivity index (χ4n) is 0. The molecule has 0 atom stereocenters. The Balaban J connectivity index is -0.000000180. The standard InChI is InChI=1S/6ClH.Pt.2Rb/h6*1H;;;/q;;;;;;+4;2*+1/p-6. The molecule has 0 bridgehead atoms. The molecule has 0 rings (SSSR count). The third kappa shape index (κ3) is 55.8. The zero-order valence-corrected chi connectivity index (χ0v) is 21.2. The molecule has 9 heavy (non-hydrogen) atoms. The molecule has 0 aliphatic rings. The van der Waals surface area contributed by atoms with Crippen LogP contribution in [0.4, 0.5) is 0 Å². The first kappa shape index (κ1) is 20.5. The minimum Gasteiger partial charge on any atom is 1.00 e. The van der Waals surface area contributed by atoms with Crippen LogP contribution < -0.4 is 116 Å². The number of halogens is 6. The molecule has 0 fully saturated rings. The second-order valence-corrected chi connectivity index (χ2v) is 49.9. The summed E-state index contributed by atoms with van der Waals surface area (Å²) in [4.78, 5) is 0. The molecule has 0 spiro atoms. The maximum Gasteiger partial charge on any atom is 1.00 e. The Bertz CT molecular complexity index is 69.6. The molecule has 0 aromatic rings. The van der Waals surface area contributed by atoms with E-state index >= 15 is 0 Å². The van der Waals surface area contributed by atoms with Gasteiger partial charge in [-0.15, -0.1) is 0 Å². The monoisotopic (exact) mass is 575 g/mol. The van der Waals surface area contributed by atoms with Crippen LogP contribution in [0.15, 0.2) is 0 Å². The molecule has 0 unspecified atom stereocenters. The van der Waals surface area contributed by atoms with Crippen molar-refractivity contribution < 1.29 is 124 Å². The van der Waals surface area contributed by atoms with E-state index in [0.29, 0.717) is 0 Å². The normalized spacial score (nSPS) is 18.0. The van der Waals surface area contributed by atoms with Gasteiger partial charge in [-0.2, -0.15) is 0 Å². The van der Waals surface area contributed by atoms with Crippen LogP contribution in [-0.4, -0.2) is 0 Å². The maximum absolute atomic E-state index is 5.29. The minimum absolute atomic E-state index is 0. The van der Waals surface area contributed by atoms with E-state index in [-0.39, 0.29) is 116 Å². The Morgan fingerprint density at radius 3 is 0.556 bits per heavy atom. The van der Waals surface area contributed by atoms with Crippen LogP contribution in [0.5, 0.6) is 0 Å². The molecule has 9 heteroatoms. The molecule has 0 radical (unpaired) electrons. The predicted octanol–water partition coefficient (Wildman–Crippen LogP) is -1.86. The summed E-state index contributed by atoms with van der Waals surface area (Å²) in [5.74, 6) is 0. The first-order valence-corrected chi connectivity index (χ1v) is 17.6. The van der Waals surface area contributed by atoms with Crippen molar-refractivity contribution in [3.63, 3.8) is 0 Å². The Morgan fingerprint density at radius 2 is 0.556 bits per heavy atom. The molecular formula is Cl6PtRb2. The van der Waals surface area contributed by atoms with E-state index in [1.54, 1.807) is 0 Å². The van der Waals surface area contributed by atoms with Crippen molar-refractivity contribution in [2.75, 3.05) is 0 Å². The zero-order valence-electron chi connectivity index (χ0n) is 4.58. The predicted molar refractivity (Wildman–Crippen MR) is 35.1 cm³/mol. The molecular weight excluding hydrogens is 579 g/mol. The van der Waals surface area contributed by atoms with Crippen molar-refractivity contribution in [1.29, 1.82) is 0 Å². The Labute approximate surface area is 174 Å². The van der Waals surface area contributed by atoms with Crippen molar-refractivity contribution in [3.8, 4) is 0 Å². The van der Waals surface area contributed by atoms with E-state index in [0.717, 1.165) is 0 Å². The number of hydrogen-bond donors (Lipinski definition) is 0. The molecule has 0 nitrogen and oxygen atoms in total. The van der Waals surface area contributed by atoms with E-state index in [1.807, 2.05) is 0 Å². The van der Waals surface area contributed by atoms with Crippen LogP contribution in [0.2, 0.25) is 0 Å². The first-order chi connectivity index (χ1) is 2.45. The summed E-state index contributed by atoms with van der Waals surface area (Å²) in [6, 6.07) is 0. The van der Waals surface area contributed by atoms with Gasteiger partial charge in [0.15, 0.2) is 0 Å². The summed E-state index contributed by atoms with van der Waals surface area (Å²) in [5, 5.41) is 0. The first-order valence-electron chi connectivity index (χ1n) is 0.717. The van der Waals surface area contributed by atoms with E-state index in [4.69, 9.17) is 56.5 Å². The van der Waals surface area contributed by atoms with E-state index in [1.165, 1.54) is 0 Å². The third-order valence-corrected chi connectivity index (χ3v) is 0. The molecule has 0 aromatic carbocycles. The van der Waals surface area contributed by atoms with Crippen LogP contribution in [0.1, 0.15) is 0 Å². The number of rotatable bonds is 0. The van der Waals surface area contributed by atoms with Crippen molar-refractivity contribution in [1.82, 2.24) is 0 Å². The summed E-state index contributed by atoms with van der Waals surface area (Å²) in [6.45, 7) is 0. The second-order valence-electron chi connectivity index (χ2n) is 0.678. The average molecular weight is 579 g/mol. The van der Waals surface area contributed by atoms with Gasteiger partial charge in [-0.3, -0.25) is 0 Å². The van der Waals surface area contributed by atoms with Gasteiger partial charge in [-0.1, -0.05) is 0 Å². The molecule has 0 heterocycles. The van der Waals surface area contributed by atoms with Gasteiger partial charge in [0.2, 0.25) is 0 Å². The SMILES string of the molecule is [Cl][Pt-2]([Cl])([Cl])([Cl])([Cl])[Cl].[Rb+].[Rb+]. The number of hydrogen-bond acceptors (Lipinski definition) is 0. The molecule has 0 aromatic heterocycles. The topological polar surface area (TPSA) is 0 Å². The molecule has 0 saturated heterocycles. The van der Waals surface area contributed by atoms with Crippen molar-refractivity contribution in [3.05, 3.63) is 0 Å². The zero-order chi connectivity index (χ0) is 6.41. The van der Waals surface area contributed by atoms with Gasteiger partial charge in [0.05, 0.1) is 0 Å². The van der Waals surface area contributed by atoms with Gasteiger partial charge in [0.25, 0.3) is 0 Å². The quantitative estimate of drug-likeness (QED) is 0.317. The van der Waals surface area contributed by atoms with E-state index in [2.05, 4.69) is 0 Å². The van der Waals surface area contributed by atoms with Gasteiger partial charge < -0.3 is 0 Å². The minimum atomic E-state index is -5.29. The summed E-state index contributed by atoms with van der Waals surface area (Å²) in [7, 11) is 25.0. The summed E-state index contributed by atoms with van der Waals surface area (Å²) in [6.07, 6.45) is 0. The Kier molecular flexibility index (Phi) is 12.3. The van der Waals surface area contributed by atoms with Gasteiger partial charge >= 0.3 is 180 Å². The van der Waals surface area contributed by atoms with Gasteiger partial charge in [-0.05, 0) is 0 Å². The molecule has 0 aliphatic heterocycles. The van der Waals surface area contributed by atoms with Crippen LogP contribution in [0.3, 0.4) is 0 Å². The van der Waals surface area contributed by atoms with Crippen LogP contribution in [-0.2, 0) is 7.31 Å². The van der Waals surface area contributed by atoms with Crippen molar-refractivity contribution in [2.24, 2.45) is 0 Å². The third-order valence-electron chi connectivity index (χ3n) is 0. The van der Waals surface area contributed by atoms with E-state index in [9.17, 15) is 0 Å². The smallest absolute Gasteiger partial charge is 1.00 e. The van der Waals surface area contributed by atoms with Gasteiger partial charge in [0, 0.05) is 0 Å². The average Bonchev–Trinajstić information content (AvgIpc) is 0.592.